The maximum atomic E-state index is 13.0. The van der Waals surface area contributed by atoms with E-state index in [2.05, 4.69) is 31.9 Å². The lowest BCUT2D eigenvalue weighted by Gasteiger charge is -2.34. The Kier molecular flexibility index (Phi) is 9.38. The minimum Gasteiger partial charge on any atom is -0.353 e. The van der Waals surface area contributed by atoms with Crippen molar-refractivity contribution in [2.24, 2.45) is 0 Å². The number of hydrogen-bond acceptors (Lipinski definition) is 6. The lowest BCUT2D eigenvalue weighted by atomic mass is 10.1. The molecule has 0 spiro atoms. The van der Waals surface area contributed by atoms with Crippen molar-refractivity contribution in [3.05, 3.63) is 53.6 Å². The van der Waals surface area contributed by atoms with Crippen LogP contribution in [-0.2, 0) is 14.8 Å². The van der Waals surface area contributed by atoms with Crippen molar-refractivity contribution in [2.75, 3.05) is 48.2 Å². The average Bonchev–Trinajstić information content (AvgIpc) is 2.74. The zero-order chi connectivity index (χ0) is 22.9. The summed E-state index contributed by atoms with van der Waals surface area (Å²) in [6.07, 6.45) is 0. The third-order valence-electron chi connectivity index (χ3n) is 5.32. The highest BCUT2D eigenvalue weighted by atomic mass is 35.5. The van der Waals surface area contributed by atoms with E-state index in [0.717, 1.165) is 42.8 Å². The first-order valence-electron chi connectivity index (χ1n) is 10.2. The number of pyridine rings is 1. The first-order chi connectivity index (χ1) is 15.2. The summed E-state index contributed by atoms with van der Waals surface area (Å²) in [5.74, 6) is 0.699. The van der Waals surface area contributed by atoms with Gasteiger partial charge in [0, 0.05) is 38.5 Å². The van der Waals surface area contributed by atoms with Crippen LogP contribution in [0.5, 0.6) is 0 Å². The Morgan fingerprint density at radius 2 is 1.71 bits per heavy atom. The number of halogens is 3. The number of amides is 1. The summed E-state index contributed by atoms with van der Waals surface area (Å²) in [7, 11) is -1.86. The van der Waals surface area contributed by atoms with Gasteiger partial charge in [-0.05, 0) is 36.7 Å². The summed E-state index contributed by atoms with van der Waals surface area (Å²) in [5, 5.41) is 4.56. The van der Waals surface area contributed by atoms with Crippen LogP contribution >= 0.6 is 36.4 Å². The summed E-state index contributed by atoms with van der Waals surface area (Å²) >= 11 is 6.17. The molecule has 2 aromatic carbocycles. The first-order valence-corrected chi connectivity index (χ1v) is 12.0. The van der Waals surface area contributed by atoms with Crippen molar-refractivity contribution in [3.63, 3.8) is 0 Å². The van der Waals surface area contributed by atoms with E-state index in [1.165, 1.54) is 25.1 Å². The Morgan fingerprint density at radius 1 is 1.03 bits per heavy atom. The molecule has 1 saturated heterocycles. The van der Waals surface area contributed by atoms with Gasteiger partial charge in [0.15, 0.2) is 0 Å². The quantitative estimate of drug-likeness (QED) is 0.497. The molecule has 1 aliphatic rings. The Labute approximate surface area is 216 Å². The van der Waals surface area contributed by atoms with Crippen LogP contribution in [-0.4, -0.2) is 57.4 Å². The van der Waals surface area contributed by atoms with Crippen LogP contribution in [0.1, 0.15) is 6.92 Å². The zero-order valence-corrected chi connectivity index (χ0v) is 21.8. The molecule has 1 aliphatic heterocycles. The molecule has 2 heterocycles. The molecule has 0 unspecified atom stereocenters. The molecule has 0 saturated carbocycles. The molecular formula is C22H26Cl3N5O3S. The third kappa shape index (κ3) is 6.22. The van der Waals surface area contributed by atoms with Gasteiger partial charge < -0.3 is 15.1 Å². The minimum atomic E-state index is -3.94. The van der Waals surface area contributed by atoms with Crippen molar-refractivity contribution >= 4 is 80.4 Å². The van der Waals surface area contributed by atoms with Crippen molar-refractivity contribution in [2.45, 2.75) is 11.8 Å². The number of nitrogens with one attached hydrogen (secondary N) is 2. The Balaban J connectivity index is 0.00000204. The third-order valence-corrected chi connectivity index (χ3v) is 6.99. The Bertz CT molecular complexity index is 1280. The smallest absolute Gasteiger partial charge is 0.263 e. The molecule has 2 N–H and O–H groups in total. The fourth-order valence-corrected chi connectivity index (χ4v) is 4.95. The molecular weight excluding hydrogens is 521 g/mol. The number of fused-ring (bicyclic) bond motifs is 1. The second kappa shape index (κ2) is 11.4. The maximum absolute atomic E-state index is 13.0. The fraction of sp³-hybridized carbons (Fsp3) is 0.273. The lowest BCUT2D eigenvalue weighted by molar-refractivity contribution is -0.114. The standard InChI is InChI=1S/C22H24ClN5O3S.2ClH/c1-15(29)24-20-8-7-17(14-19(20)23)32(30,31)26-21-13-16-5-3-4-6-18(16)22(25-21)28-11-9-27(2)10-12-28;;/h3-8,13-14H,9-12H2,1-2H3,(H,24,29)(H,25,26);2*1H. The monoisotopic (exact) mass is 545 g/mol. The predicted octanol–water partition coefficient (Wildman–Crippen LogP) is 4.24. The summed E-state index contributed by atoms with van der Waals surface area (Å²) in [6, 6.07) is 13.7. The van der Waals surface area contributed by atoms with Gasteiger partial charge in [-0.1, -0.05) is 35.9 Å². The molecule has 0 radical (unpaired) electrons. The fourth-order valence-electron chi connectivity index (χ4n) is 3.64. The van der Waals surface area contributed by atoms with Crippen molar-refractivity contribution in [1.82, 2.24) is 9.88 Å². The van der Waals surface area contributed by atoms with Crippen LogP contribution in [0.4, 0.5) is 17.3 Å². The van der Waals surface area contributed by atoms with Crippen LogP contribution in [0, 0.1) is 0 Å². The Hall–Kier alpha value is -2.30. The summed E-state index contributed by atoms with van der Waals surface area (Å²) < 4.78 is 28.7. The second-order valence-electron chi connectivity index (χ2n) is 7.77. The molecule has 0 atom stereocenters. The molecule has 3 aromatic rings. The highest BCUT2D eigenvalue weighted by molar-refractivity contribution is 7.92. The predicted molar refractivity (Wildman–Crippen MR) is 143 cm³/mol. The number of benzene rings is 2. The number of hydrogen-bond donors (Lipinski definition) is 2. The van der Waals surface area contributed by atoms with Gasteiger partial charge in [0.05, 0.1) is 15.6 Å². The number of piperazine rings is 1. The van der Waals surface area contributed by atoms with Crippen molar-refractivity contribution < 1.29 is 13.2 Å². The molecule has 4 rings (SSSR count). The largest absolute Gasteiger partial charge is 0.353 e. The highest BCUT2D eigenvalue weighted by Gasteiger charge is 2.21. The number of sulfonamides is 1. The van der Waals surface area contributed by atoms with Gasteiger partial charge in [-0.15, -0.1) is 24.8 Å². The van der Waals surface area contributed by atoms with E-state index in [4.69, 9.17) is 11.6 Å². The van der Waals surface area contributed by atoms with Gasteiger partial charge in [-0.3, -0.25) is 9.52 Å². The van der Waals surface area contributed by atoms with E-state index in [1.54, 1.807) is 6.07 Å². The summed E-state index contributed by atoms with van der Waals surface area (Å²) in [5.41, 5.74) is 0.347. The number of nitrogens with zero attached hydrogens (tertiary/aromatic N) is 3. The first kappa shape index (κ1) is 27.9. The van der Waals surface area contributed by atoms with Gasteiger partial charge in [0.1, 0.15) is 11.6 Å². The van der Waals surface area contributed by atoms with E-state index in [0.29, 0.717) is 5.69 Å². The topological polar surface area (TPSA) is 94.6 Å². The van der Waals surface area contributed by atoms with Gasteiger partial charge in [0.2, 0.25) is 5.91 Å². The van der Waals surface area contributed by atoms with Crippen LogP contribution < -0.4 is 14.9 Å². The van der Waals surface area contributed by atoms with E-state index < -0.39 is 10.0 Å². The normalized spacial score (nSPS) is 14.1. The van der Waals surface area contributed by atoms with Crippen LogP contribution in [0.3, 0.4) is 0 Å². The van der Waals surface area contributed by atoms with E-state index in [1.807, 2.05) is 24.3 Å². The molecule has 1 aromatic heterocycles. The van der Waals surface area contributed by atoms with E-state index in [9.17, 15) is 13.2 Å². The van der Waals surface area contributed by atoms with Gasteiger partial charge >= 0.3 is 0 Å². The zero-order valence-electron chi connectivity index (χ0n) is 18.6. The molecule has 12 heteroatoms. The highest BCUT2D eigenvalue weighted by Crippen LogP contribution is 2.30. The molecule has 184 valence electrons. The van der Waals surface area contributed by atoms with Crippen LogP contribution in [0.25, 0.3) is 10.8 Å². The van der Waals surface area contributed by atoms with Gasteiger partial charge in [0.25, 0.3) is 10.0 Å². The minimum absolute atomic E-state index is 0. The average molecular weight is 547 g/mol. The van der Waals surface area contributed by atoms with Gasteiger partial charge in [-0.25, -0.2) is 13.4 Å². The van der Waals surface area contributed by atoms with E-state index >= 15 is 0 Å². The number of aromatic nitrogens is 1. The molecule has 1 fully saturated rings. The Morgan fingerprint density at radius 3 is 2.35 bits per heavy atom. The summed E-state index contributed by atoms with van der Waals surface area (Å²) in [4.78, 5) is 20.3. The van der Waals surface area contributed by atoms with Gasteiger partial charge in [-0.2, -0.15) is 0 Å². The summed E-state index contributed by atoms with van der Waals surface area (Å²) in [6.45, 7) is 4.79. The van der Waals surface area contributed by atoms with Crippen LogP contribution in [0.2, 0.25) is 5.02 Å². The van der Waals surface area contributed by atoms with E-state index in [-0.39, 0.29) is 46.5 Å². The lowest BCUT2D eigenvalue weighted by Crippen LogP contribution is -2.45. The number of rotatable bonds is 5. The maximum Gasteiger partial charge on any atom is 0.263 e. The van der Waals surface area contributed by atoms with Crippen molar-refractivity contribution in [1.29, 1.82) is 0 Å². The number of likely N-dealkylation sites (N-methyl/N-ethyl adjacent to an activating group) is 1. The van der Waals surface area contributed by atoms with Crippen molar-refractivity contribution in [3.8, 4) is 0 Å². The molecule has 34 heavy (non-hydrogen) atoms. The SMILES string of the molecule is CC(=O)Nc1ccc(S(=O)(=O)Nc2cc3ccccc3c(N3CCN(C)CC3)n2)cc1Cl.Cl.Cl. The number of anilines is 3. The van der Waals surface area contributed by atoms with Crippen LogP contribution in [0.15, 0.2) is 53.4 Å². The number of carbonyl (C=O) groups is 1. The molecule has 0 bridgehead atoms. The molecule has 0 aliphatic carbocycles. The molecule has 8 nitrogen and oxygen atoms in total. The molecule has 1 amide bonds. The number of carbonyl (C=O) groups excluding carboxylic acids is 1. The second-order valence-corrected chi connectivity index (χ2v) is 9.86.